The van der Waals surface area contributed by atoms with Gasteiger partial charge in [0.05, 0.1) is 16.3 Å². The summed E-state index contributed by atoms with van der Waals surface area (Å²) in [6, 6.07) is 12.0. The molecule has 1 fully saturated rings. The first-order valence-corrected chi connectivity index (χ1v) is 8.92. The molecule has 1 saturated heterocycles. The minimum atomic E-state index is -0.0198. The van der Waals surface area contributed by atoms with Gasteiger partial charge >= 0.3 is 6.03 Å². The molecule has 122 valence electrons. The van der Waals surface area contributed by atoms with E-state index in [-0.39, 0.29) is 12.1 Å². The first kappa shape index (κ1) is 15.1. The van der Waals surface area contributed by atoms with Gasteiger partial charge in [0.1, 0.15) is 5.01 Å². The Bertz CT molecular complexity index is 815. The monoisotopic (exact) mass is 338 g/mol. The zero-order chi connectivity index (χ0) is 16.4. The summed E-state index contributed by atoms with van der Waals surface area (Å²) in [7, 11) is 0. The highest BCUT2D eigenvalue weighted by molar-refractivity contribution is 7.18. The average molecular weight is 338 g/mol. The Balaban J connectivity index is 1.48. The summed E-state index contributed by atoms with van der Waals surface area (Å²) in [4.78, 5) is 23.2. The van der Waals surface area contributed by atoms with E-state index < -0.39 is 0 Å². The van der Waals surface area contributed by atoms with Crippen molar-refractivity contribution >= 4 is 27.6 Å². The Kier molecular flexibility index (Phi) is 4.13. The number of para-hydroxylation sites is 1. The second-order valence-corrected chi connectivity index (χ2v) is 6.95. The summed E-state index contributed by atoms with van der Waals surface area (Å²) in [5.41, 5.74) is 2.07. The van der Waals surface area contributed by atoms with Gasteiger partial charge in [-0.2, -0.15) is 0 Å². The molecule has 0 radical (unpaired) electrons. The number of nitrogens with zero attached hydrogens (tertiary/aromatic N) is 3. The van der Waals surface area contributed by atoms with Gasteiger partial charge in [0, 0.05) is 25.5 Å². The molecule has 0 spiro atoms. The zero-order valence-electron chi connectivity index (χ0n) is 13.2. The molecule has 1 atom stereocenters. The molecule has 24 heavy (non-hydrogen) atoms. The van der Waals surface area contributed by atoms with Crippen LogP contribution in [-0.2, 0) is 6.54 Å². The molecule has 4 rings (SSSR count). The lowest BCUT2D eigenvalue weighted by atomic mass is 10.2. The van der Waals surface area contributed by atoms with Crippen molar-refractivity contribution in [2.24, 2.45) is 0 Å². The highest BCUT2D eigenvalue weighted by Gasteiger charge is 2.32. The number of nitrogens with one attached hydrogen (secondary N) is 1. The van der Waals surface area contributed by atoms with Crippen LogP contribution in [0.4, 0.5) is 4.79 Å². The predicted octanol–water partition coefficient (Wildman–Crippen LogP) is 3.74. The van der Waals surface area contributed by atoms with Crippen molar-refractivity contribution < 1.29 is 4.79 Å². The summed E-state index contributed by atoms with van der Waals surface area (Å²) in [6.45, 7) is 1.30. The van der Waals surface area contributed by atoms with E-state index in [0.717, 1.165) is 35.5 Å². The lowest BCUT2D eigenvalue weighted by molar-refractivity contribution is 0.192. The van der Waals surface area contributed by atoms with Crippen LogP contribution < -0.4 is 5.32 Å². The number of likely N-dealkylation sites (tertiary alicyclic amines) is 1. The van der Waals surface area contributed by atoms with E-state index in [1.807, 2.05) is 35.2 Å². The molecular weight excluding hydrogens is 320 g/mol. The maximum Gasteiger partial charge on any atom is 0.318 e. The second-order valence-electron chi connectivity index (χ2n) is 5.89. The van der Waals surface area contributed by atoms with Gasteiger partial charge in [-0.3, -0.25) is 4.98 Å². The molecule has 5 nitrogen and oxygen atoms in total. The molecule has 0 aliphatic carbocycles. The number of aromatic nitrogens is 2. The number of carbonyl (C=O) groups is 1. The maximum atomic E-state index is 12.6. The van der Waals surface area contributed by atoms with Crippen LogP contribution in [0.1, 0.15) is 29.5 Å². The van der Waals surface area contributed by atoms with Gasteiger partial charge in [-0.05, 0) is 42.7 Å². The number of hydrogen-bond acceptors (Lipinski definition) is 4. The molecule has 2 amide bonds. The van der Waals surface area contributed by atoms with E-state index in [9.17, 15) is 4.79 Å². The summed E-state index contributed by atoms with van der Waals surface area (Å²) in [5, 5.41) is 4.05. The molecule has 1 aliphatic heterocycles. The maximum absolute atomic E-state index is 12.6. The third-order valence-corrected chi connectivity index (χ3v) is 5.44. The standard InChI is InChI=1S/C18H18N4OS/c23-18(20-12-13-7-9-19-10-8-13)22-11-3-5-15(22)17-21-14-4-1-2-6-16(14)24-17/h1-2,4,6-10,15H,3,5,11-12H2,(H,20,23). The summed E-state index contributed by atoms with van der Waals surface area (Å²) in [5.74, 6) is 0. The number of carbonyl (C=O) groups excluding carboxylic acids is 1. The fourth-order valence-corrected chi connectivity index (χ4v) is 4.19. The molecule has 3 aromatic rings. The molecule has 0 saturated carbocycles. The Hall–Kier alpha value is -2.47. The van der Waals surface area contributed by atoms with Crippen molar-refractivity contribution in [1.29, 1.82) is 0 Å². The summed E-state index contributed by atoms with van der Waals surface area (Å²) < 4.78 is 1.18. The van der Waals surface area contributed by atoms with Crippen LogP contribution in [-0.4, -0.2) is 27.4 Å². The van der Waals surface area contributed by atoms with Crippen molar-refractivity contribution in [2.45, 2.75) is 25.4 Å². The van der Waals surface area contributed by atoms with Gasteiger partial charge in [-0.15, -0.1) is 11.3 Å². The fraction of sp³-hybridized carbons (Fsp3) is 0.278. The Morgan fingerprint density at radius 3 is 2.92 bits per heavy atom. The van der Waals surface area contributed by atoms with Crippen molar-refractivity contribution in [3.63, 3.8) is 0 Å². The first-order chi connectivity index (χ1) is 11.8. The average Bonchev–Trinajstić information content (AvgIpc) is 3.26. The van der Waals surface area contributed by atoms with E-state index in [2.05, 4.69) is 16.4 Å². The molecule has 1 unspecified atom stereocenters. The second kappa shape index (κ2) is 6.57. The number of fused-ring (bicyclic) bond motifs is 1. The number of thiazole rings is 1. The molecular formula is C18H18N4OS. The Labute approximate surface area is 144 Å². The number of hydrogen-bond donors (Lipinski definition) is 1. The Morgan fingerprint density at radius 2 is 2.08 bits per heavy atom. The minimum absolute atomic E-state index is 0.0198. The van der Waals surface area contributed by atoms with Gasteiger partial charge in [0.15, 0.2) is 0 Å². The van der Waals surface area contributed by atoms with Gasteiger partial charge in [-0.1, -0.05) is 12.1 Å². The third kappa shape index (κ3) is 2.97. The van der Waals surface area contributed by atoms with Gasteiger partial charge in [0.25, 0.3) is 0 Å². The zero-order valence-corrected chi connectivity index (χ0v) is 14.0. The number of rotatable bonds is 3. The topological polar surface area (TPSA) is 58.1 Å². The minimum Gasteiger partial charge on any atom is -0.334 e. The summed E-state index contributed by atoms with van der Waals surface area (Å²) >= 11 is 1.69. The normalized spacial score (nSPS) is 17.3. The molecule has 1 aromatic carbocycles. The number of pyridine rings is 1. The fourth-order valence-electron chi connectivity index (χ4n) is 3.08. The third-order valence-electron chi connectivity index (χ3n) is 4.30. The van der Waals surface area contributed by atoms with Crippen LogP contribution in [0.5, 0.6) is 0 Å². The molecule has 6 heteroatoms. The van der Waals surface area contributed by atoms with Gasteiger partial charge in [0.2, 0.25) is 0 Å². The van der Waals surface area contributed by atoms with Crippen LogP contribution in [0.15, 0.2) is 48.8 Å². The number of amides is 2. The van der Waals surface area contributed by atoms with Gasteiger partial charge in [-0.25, -0.2) is 9.78 Å². The molecule has 2 aromatic heterocycles. The van der Waals surface area contributed by atoms with E-state index in [1.165, 1.54) is 4.70 Å². The van der Waals surface area contributed by atoms with E-state index >= 15 is 0 Å². The predicted molar refractivity (Wildman–Crippen MR) is 94.8 cm³/mol. The highest BCUT2D eigenvalue weighted by atomic mass is 32.1. The molecule has 1 N–H and O–H groups in total. The van der Waals surface area contributed by atoms with Crippen molar-refractivity contribution in [3.8, 4) is 0 Å². The SMILES string of the molecule is O=C(NCc1ccncc1)N1CCCC1c1nc2ccccc2s1. The van der Waals surface area contributed by atoms with Crippen LogP contribution >= 0.6 is 11.3 Å². The Morgan fingerprint density at radius 1 is 1.25 bits per heavy atom. The number of benzene rings is 1. The van der Waals surface area contributed by atoms with E-state index in [4.69, 9.17) is 4.98 Å². The van der Waals surface area contributed by atoms with E-state index in [0.29, 0.717) is 6.54 Å². The summed E-state index contributed by atoms with van der Waals surface area (Å²) in [6.07, 6.45) is 5.47. The lowest BCUT2D eigenvalue weighted by Gasteiger charge is -2.23. The molecule has 0 bridgehead atoms. The number of urea groups is 1. The molecule has 1 aliphatic rings. The quantitative estimate of drug-likeness (QED) is 0.791. The van der Waals surface area contributed by atoms with E-state index in [1.54, 1.807) is 23.7 Å². The van der Waals surface area contributed by atoms with Crippen LogP contribution in [0.25, 0.3) is 10.2 Å². The van der Waals surface area contributed by atoms with Crippen molar-refractivity contribution in [3.05, 3.63) is 59.4 Å². The van der Waals surface area contributed by atoms with Crippen LogP contribution in [0, 0.1) is 0 Å². The molecule has 3 heterocycles. The van der Waals surface area contributed by atoms with Crippen molar-refractivity contribution in [2.75, 3.05) is 6.54 Å². The smallest absolute Gasteiger partial charge is 0.318 e. The largest absolute Gasteiger partial charge is 0.334 e. The van der Waals surface area contributed by atoms with Crippen LogP contribution in [0.2, 0.25) is 0 Å². The van der Waals surface area contributed by atoms with Gasteiger partial charge < -0.3 is 10.2 Å². The highest BCUT2D eigenvalue weighted by Crippen LogP contribution is 2.36. The van der Waals surface area contributed by atoms with Crippen LogP contribution in [0.3, 0.4) is 0 Å². The first-order valence-electron chi connectivity index (χ1n) is 8.10. The van der Waals surface area contributed by atoms with Crippen molar-refractivity contribution in [1.82, 2.24) is 20.2 Å². The lowest BCUT2D eigenvalue weighted by Crippen LogP contribution is -2.39.